The number of hydrogen-bond acceptors (Lipinski definition) is 4. The van der Waals surface area contributed by atoms with Gasteiger partial charge in [-0.25, -0.2) is 4.79 Å². The van der Waals surface area contributed by atoms with Crippen LogP contribution in [0.3, 0.4) is 0 Å². The Bertz CT molecular complexity index is 841. The summed E-state index contributed by atoms with van der Waals surface area (Å²) >= 11 is 0. The monoisotopic (exact) mass is 342 g/mol. The van der Waals surface area contributed by atoms with E-state index >= 15 is 0 Å². The van der Waals surface area contributed by atoms with Crippen LogP contribution in [0.4, 0.5) is 5.69 Å². The van der Waals surface area contributed by atoms with Gasteiger partial charge in [-0.1, -0.05) is 18.2 Å². The van der Waals surface area contributed by atoms with Crippen LogP contribution < -0.4 is 4.90 Å². The Morgan fingerprint density at radius 1 is 1.32 bits per heavy atom. The van der Waals surface area contributed by atoms with E-state index in [0.717, 1.165) is 16.2 Å². The summed E-state index contributed by atoms with van der Waals surface area (Å²) in [7, 11) is 1.41. The van der Waals surface area contributed by atoms with Gasteiger partial charge >= 0.3 is 5.97 Å². The molecular formula is C18H18N2O5. The molecule has 1 unspecified atom stereocenters. The van der Waals surface area contributed by atoms with Gasteiger partial charge in [-0.2, -0.15) is 0 Å². The molecule has 1 aliphatic heterocycles. The van der Waals surface area contributed by atoms with Crippen LogP contribution in [0.25, 0.3) is 0 Å². The Morgan fingerprint density at radius 3 is 2.76 bits per heavy atom. The molecule has 1 aromatic carbocycles. The molecule has 0 saturated carbocycles. The lowest BCUT2D eigenvalue weighted by molar-refractivity contribution is -0.141. The zero-order valence-electron chi connectivity index (χ0n) is 13.9. The van der Waals surface area contributed by atoms with Gasteiger partial charge in [0.05, 0.1) is 19.2 Å². The van der Waals surface area contributed by atoms with Crippen LogP contribution in [0.2, 0.25) is 0 Å². The maximum Gasteiger partial charge on any atom is 0.326 e. The molecule has 7 heteroatoms. The highest BCUT2D eigenvalue weighted by molar-refractivity contribution is 6.02. The predicted octanol–water partition coefficient (Wildman–Crippen LogP) is 1.91. The fourth-order valence-electron chi connectivity index (χ4n) is 2.81. The van der Waals surface area contributed by atoms with E-state index in [1.807, 2.05) is 24.3 Å². The van der Waals surface area contributed by atoms with Crippen molar-refractivity contribution in [3.8, 4) is 0 Å². The van der Waals surface area contributed by atoms with E-state index in [4.69, 9.17) is 9.52 Å². The number of benzene rings is 1. The van der Waals surface area contributed by atoms with Gasteiger partial charge < -0.3 is 19.3 Å². The van der Waals surface area contributed by atoms with Crippen molar-refractivity contribution >= 4 is 23.5 Å². The van der Waals surface area contributed by atoms with Crippen molar-refractivity contribution in [2.45, 2.75) is 25.9 Å². The van der Waals surface area contributed by atoms with E-state index in [1.165, 1.54) is 20.2 Å². The Balaban J connectivity index is 1.85. The van der Waals surface area contributed by atoms with Crippen molar-refractivity contribution in [3.63, 3.8) is 0 Å². The molecule has 0 radical (unpaired) electrons. The fourth-order valence-corrected chi connectivity index (χ4v) is 2.81. The van der Waals surface area contributed by atoms with Gasteiger partial charge in [-0.15, -0.1) is 0 Å². The summed E-state index contributed by atoms with van der Waals surface area (Å²) in [6.07, 6.45) is 1.70. The van der Waals surface area contributed by atoms with Crippen molar-refractivity contribution in [2.75, 3.05) is 11.9 Å². The number of carboxylic acids is 1. The van der Waals surface area contributed by atoms with Gasteiger partial charge in [0.2, 0.25) is 5.91 Å². The number of aliphatic carboxylic acids is 1. The molecule has 1 aliphatic rings. The van der Waals surface area contributed by atoms with E-state index in [-0.39, 0.29) is 18.2 Å². The summed E-state index contributed by atoms with van der Waals surface area (Å²) < 4.78 is 5.29. The van der Waals surface area contributed by atoms with E-state index in [2.05, 4.69) is 0 Å². The lowest BCUT2D eigenvalue weighted by Crippen LogP contribution is -2.40. The van der Waals surface area contributed by atoms with Crippen LogP contribution in [0.1, 0.15) is 28.6 Å². The number of fused-ring (bicyclic) bond motifs is 1. The highest BCUT2D eigenvalue weighted by atomic mass is 16.4. The first-order valence-electron chi connectivity index (χ1n) is 7.84. The van der Waals surface area contributed by atoms with E-state index in [0.29, 0.717) is 12.0 Å². The van der Waals surface area contributed by atoms with Crippen molar-refractivity contribution in [2.24, 2.45) is 0 Å². The Morgan fingerprint density at radius 2 is 2.04 bits per heavy atom. The molecule has 0 bridgehead atoms. The molecule has 1 aromatic heterocycles. The highest BCUT2D eigenvalue weighted by Crippen LogP contribution is 2.30. The summed E-state index contributed by atoms with van der Waals surface area (Å²) in [6, 6.07) is 8.14. The SMILES string of the molecule is CC(C(=O)O)N(C)C(=O)c1occc1CN1C(=O)Cc2ccccc21. The summed E-state index contributed by atoms with van der Waals surface area (Å²) in [5, 5.41) is 9.06. The second-order valence-electron chi connectivity index (χ2n) is 5.99. The number of carbonyl (C=O) groups excluding carboxylic acids is 2. The number of furan rings is 1. The topological polar surface area (TPSA) is 91.1 Å². The third-order valence-corrected chi connectivity index (χ3v) is 4.45. The van der Waals surface area contributed by atoms with Gasteiger partial charge in [0.15, 0.2) is 5.76 Å². The van der Waals surface area contributed by atoms with E-state index in [9.17, 15) is 14.4 Å². The van der Waals surface area contributed by atoms with Crippen LogP contribution in [0.15, 0.2) is 41.0 Å². The number of carboxylic acid groups (broad SMARTS) is 1. The number of hydrogen-bond donors (Lipinski definition) is 1. The lowest BCUT2D eigenvalue weighted by Gasteiger charge is -2.22. The molecule has 25 heavy (non-hydrogen) atoms. The quantitative estimate of drug-likeness (QED) is 0.896. The van der Waals surface area contributed by atoms with E-state index in [1.54, 1.807) is 11.0 Å². The number of amides is 2. The molecule has 2 heterocycles. The van der Waals surface area contributed by atoms with E-state index < -0.39 is 17.9 Å². The minimum atomic E-state index is -1.10. The first kappa shape index (κ1) is 16.8. The Hall–Kier alpha value is -3.09. The molecule has 2 aromatic rings. The van der Waals surface area contributed by atoms with Crippen LogP contribution in [-0.4, -0.2) is 40.9 Å². The Labute approximate surface area is 144 Å². The minimum Gasteiger partial charge on any atom is -0.480 e. The smallest absolute Gasteiger partial charge is 0.326 e. The average Bonchev–Trinajstić information content (AvgIpc) is 3.18. The largest absolute Gasteiger partial charge is 0.480 e. The lowest BCUT2D eigenvalue weighted by atomic mass is 10.1. The van der Waals surface area contributed by atoms with Crippen molar-refractivity contribution in [1.29, 1.82) is 0 Å². The van der Waals surface area contributed by atoms with Crippen LogP contribution >= 0.6 is 0 Å². The minimum absolute atomic E-state index is 0.0481. The number of anilines is 1. The zero-order chi connectivity index (χ0) is 18.1. The molecular weight excluding hydrogens is 324 g/mol. The second kappa shape index (κ2) is 6.43. The highest BCUT2D eigenvalue weighted by Gasteiger charge is 2.31. The number of rotatable bonds is 5. The van der Waals surface area contributed by atoms with Crippen LogP contribution in [0.5, 0.6) is 0 Å². The normalized spacial score (nSPS) is 14.3. The van der Waals surface area contributed by atoms with Crippen molar-refractivity contribution < 1.29 is 23.9 Å². The van der Waals surface area contributed by atoms with Crippen LogP contribution in [-0.2, 0) is 22.6 Å². The fraction of sp³-hybridized carbons (Fsp3) is 0.278. The third-order valence-electron chi connectivity index (χ3n) is 4.45. The molecule has 2 amide bonds. The maximum absolute atomic E-state index is 12.5. The zero-order valence-corrected chi connectivity index (χ0v) is 13.9. The first-order valence-corrected chi connectivity index (χ1v) is 7.84. The summed E-state index contributed by atoms with van der Waals surface area (Å²) in [5.41, 5.74) is 2.30. The third kappa shape index (κ3) is 3.00. The van der Waals surface area contributed by atoms with Gasteiger partial charge in [0.1, 0.15) is 6.04 Å². The number of para-hydroxylation sites is 1. The molecule has 1 atom stereocenters. The molecule has 0 fully saturated rings. The molecule has 3 rings (SSSR count). The molecule has 0 saturated heterocycles. The van der Waals surface area contributed by atoms with Gasteiger partial charge in [0, 0.05) is 18.3 Å². The summed E-state index contributed by atoms with van der Waals surface area (Å²) in [5.74, 6) is -1.64. The maximum atomic E-state index is 12.5. The summed E-state index contributed by atoms with van der Waals surface area (Å²) in [4.78, 5) is 38.6. The number of likely N-dealkylation sites (N-methyl/N-ethyl adjacent to an activating group) is 1. The molecule has 0 spiro atoms. The van der Waals surface area contributed by atoms with Gasteiger partial charge in [-0.05, 0) is 24.6 Å². The van der Waals surface area contributed by atoms with Crippen molar-refractivity contribution in [1.82, 2.24) is 4.90 Å². The molecule has 7 nitrogen and oxygen atoms in total. The Kier molecular flexibility index (Phi) is 4.31. The second-order valence-corrected chi connectivity index (χ2v) is 5.99. The first-order chi connectivity index (χ1) is 11.9. The number of nitrogens with zero attached hydrogens (tertiary/aromatic N) is 2. The summed E-state index contributed by atoms with van der Waals surface area (Å²) in [6.45, 7) is 1.62. The standard InChI is InChI=1S/C18H18N2O5/c1-11(18(23)24)19(2)17(22)16-13(7-8-25-16)10-20-14-6-4-3-5-12(14)9-15(20)21/h3-8,11H,9-10H2,1-2H3,(H,23,24). The predicted molar refractivity (Wildman–Crippen MR) is 89.2 cm³/mol. The molecule has 0 aliphatic carbocycles. The number of carbonyl (C=O) groups is 3. The molecule has 1 N–H and O–H groups in total. The van der Waals surface area contributed by atoms with Crippen molar-refractivity contribution in [3.05, 3.63) is 53.5 Å². The van der Waals surface area contributed by atoms with Gasteiger partial charge in [-0.3, -0.25) is 9.59 Å². The average molecular weight is 342 g/mol. The molecule has 130 valence electrons. The van der Waals surface area contributed by atoms with Gasteiger partial charge in [0.25, 0.3) is 5.91 Å². The van der Waals surface area contributed by atoms with Crippen LogP contribution in [0, 0.1) is 0 Å².